The molecule has 0 aliphatic rings. The Labute approximate surface area is 119 Å². The van der Waals surface area contributed by atoms with Crippen LogP contribution in [0.25, 0.3) is 0 Å². The van der Waals surface area contributed by atoms with Crippen LogP contribution in [0.4, 0.5) is 17.6 Å². The fourth-order valence-corrected chi connectivity index (χ4v) is 1.47. The predicted octanol–water partition coefficient (Wildman–Crippen LogP) is 2.42. The molecular weight excluding hydrogens is 350 g/mol. The van der Waals surface area contributed by atoms with Crippen molar-refractivity contribution in [2.24, 2.45) is 0 Å². The first-order valence-corrected chi connectivity index (χ1v) is 5.94. The molecule has 0 spiro atoms. The number of rotatable bonds is 4. The molecule has 0 bridgehead atoms. The molecule has 0 atom stereocenters. The Morgan fingerprint density at radius 2 is 1.95 bits per heavy atom. The molecule has 0 aliphatic heterocycles. The Hall–Kier alpha value is -1.64. The van der Waals surface area contributed by atoms with E-state index >= 15 is 0 Å². The Kier molecular flexibility index (Phi) is 5.49. The predicted molar refractivity (Wildman–Crippen MR) is 63.4 cm³/mol. The second-order valence-corrected chi connectivity index (χ2v) is 4.51. The number of carbonyl (C=O) groups excluding carboxylic acids is 2. The molecule has 0 heterocycles. The van der Waals surface area contributed by atoms with Crippen LogP contribution >= 0.6 is 15.9 Å². The minimum absolute atomic E-state index is 0.410. The normalized spacial score (nSPS) is 11.1. The van der Waals surface area contributed by atoms with Gasteiger partial charge in [0.2, 0.25) is 0 Å². The van der Waals surface area contributed by atoms with E-state index in [1.54, 1.807) is 0 Å². The molecule has 1 N–H and O–H groups in total. The van der Waals surface area contributed by atoms with Gasteiger partial charge in [-0.1, -0.05) is 15.9 Å². The molecule has 4 nitrogen and oxygen atoms in total. The second-order valence-electron chi connectivity index (χ2n) is 3.59. The first kappa shape index (κ1) is 16.4. The SMILES string of the molecule is O=C(COC(=O)c1cc(Br)ccc1F)NCC(F)(F)F. The minimum Gasteiger partial charge on any atom is -0.452 e. The first-order valence-electron chi connectivity index (χ1n) is 5.14. The van der Waals surface area contributed by atoms with Crippen molar-refractivity contribution in [2.45, 2.75) is 6.18 Å². The smallest absolute Gasteiger partial charge is 0.405 e. The molecule has 0 unspecified atom stereocenters. The van der Waals surface area contributed by atoms with Crippen LogP contribution in [0.15, 0.2) is 22.7 Å². The van der Waals surface area contributed by atoms with E-state index in [4.69, 9.17) is 0 Å². The molecule has 110 valence electrons. The average molecular weight is 358 g/mol. The van der Waals surface area contributed by atoms with Gasteiger partial charge >= 0.3 is 12.1 Å². The number of hydrogen-bond donors (Lipinski definition) is 1. The van der Waals surface area contributed by atoms with Crippen molar-refractivity contribution in [1.82, 2.24) is 5.32 Å². The van der Waals surface area contributed by atoms with E-state index in [0.717, 1.165) is 12.1 Å². The average Bonchev–Trinajstić information content (AvgIpc) is 2.35. The number of halogens is 5. The van der Waals surface area contributed by atoms with Crippen LogP contribution in [0.5, 0.6) is 0 Å². The van der Waals surface area contributed by atoms with Crippen molar-refractivity contribution in [3.63, 3.8) is 0 Å². The van der Waals surface area contributed by atoms with Crippen LogP contribution in [-0.2, 0) is 9.53 Å². The maximum atomic E-state index is 13.3. The van der Waals surface area contributed by atoms with Gasteiger partial charge in [0.15, 0.2) is 6.61 Å². The van der Waals surface area contributed by atoms with Gasteiger partial charge in [-0.25, -0.2) is 9.18 Å². The molecule has 1 aromatic rings. The topological polar surface area (TPSA) is 55.4 Å². The van der Waals surface area contributed by atoms with Crippen LogP contribution in [0, 0.1) is 5.82 Å². The quantitative estimate of drug-likeness (QED) is 0.665. The zero-order valence-corrected chi connectivity index (χ0v) is 11.3. The fraction of sp³-hybridized carbons (Fsp3) is 0.273. The summed E-state index contributed by atoms with van der Waals surface area (Å²) in [7, 11) is 0. The van der Waals surface area contributed by atoms with Crippen LogP contribution in [0.1, 0.15) is 10.4 Å². The van der Waals surface area contributed by atoms with Crippen LogP contribution in [-0.4, -0.2) is 31.2 Å². The zero-order valence-electron chi connectivity index (χ0n) is 9.76. The minimum atomic E-state index is -4.56. The summed E-state index contributed by atoms with van der Waals surface area (Å²) >= 11 is 3.01. The van der Waals surface area contributed by atoms with E-state index in [-0.39, 0.29) is 0 Å². The molecule has 0 saturated heterocycles. The lowest BCUT2D eigenvalue weighted by Crippen LogP contribution is -2.36. The monoisotopic (exact) mass is 357 g/mol. The van der Waals surface area contributed by atoms with Crippen molar-refractivity contribution in [3.05, 3.63) is 34.1 Å². The maximum absolute atomic E-state index is 13.3. The van der Waals surface area contributed by atoms with Gasteiger partial charge in [0.1, 0.15) is 12.4 Å². The van der Waals surface area contributed by atoms with Crippen molar-refractivity contribution in [2.75, 3.05) is 13.2 Å². The van der Waals surface area contributed by atoms with Gasteiger partial charge in [-0.05, 0) is 18.2 Å². The number of carbonyl (C=O) groups is 2. The molecule has 1 amide bonds. The molecule has 0 saturated carbocycles. The van der Waals surface area contributed by atoms with Crippen molar-refractivity contribution in [3.8, 4) is 0 Å². The van der Waals surface area contributed by atoms with Gasteiger partial charge in [-0.2, -0.15) is 13.2 Å². The highest BCUT2D eigenvalue weighted by atomic mass is 79.9. The number of nitrogens with one attached hydrogen (secondary N) is 1. The van der Waals surface area contributed by atoms with E-state index < -0.39 is 42.6 Å². The Morgan fingerprint density at radius 1 is 1.30 bits per heavy atom. The van der Waals surface area contributed by atoms with Gasteiger partial charge in [0.05, 0.1) is 5.56 Å². The van der Waals surface area contributed by atoms with E-state index in [9.17, 15) is 27.2 Å². The summed E-state index contributed by atoms with van der Waals surface area (Å²) in [6, 6.07) is 3.48. The summed E-state index contributed by atoms with van der Waals surface area (Å²) in [5.74, 6) is -3.15. The third-order valence-corrected chi connectivity index (χ3v) is 2.46. The van der Waals surface area contributed by atoms with Gasteiger partial charge in [-0.15, -0.1) is 0 Å². The van der Waals surface area contributed by atoms with Crippen molar-refractivity contribution < 1.29 is 31.9 Å². The third-order valence-electron chi connectivity index (χ3n) is 1.97. The lowest BCUT2D eigenvalue weighted by molar-refractivity contribution is -0.140. The highest BCUT2D eigenvalue weighted by Crippen LogP contribution is 2.16. The van der Waals surface area contributed by atoms with E-state index in [1.807, 2.05) is 0 Å². The molecule has 0 fully saturated rings. The summed E-state index contributed by atoms with van der Waals surface area (Å²) in [6.45, 7) is -2.46. The molecular formula is C11H8BrF4NO3. The number of amides is 1. The number of hydrogen-bond acceptors (Lipinski definition) is 3. The van der Waals surface area contributed by atoms with Crippen molar-refractivity contribution in [1.29, 1.82) is 0 Å². The van der Waals surface area contributed by atoms with Crippen LogP contribution < -0.4 is 5.32 Å². The summed E-state index contributed by atoms with van der Waals surface area (Å²) in [4.78, 5) is 22.4. The van der Waals surface area contributed by atoms with Gasteiger partial charge in [-0.3, -0.25) is 4.79 Å². The Morgan fingerprint density at radius 3 is 2.55 bits per heavy atom. The number of esters is 1. The number of ether oxygens (including phenoxy) is 1. The largest absolute Gasteiger partial charge is 0.452 e. The van der Waals surface area contributed by atoms with E-state index in [1.165, 1.54) is 11.4 Å². The molecule has 0 radical (unpaired) electrons. The summed E-state index contributed by atoms with van der Waals surface area (Å²) in [5, 5.41) is 1.51. The lowest BCUT2D eigenvalue weighted by atomic mass is 10.2. The maximum Gasteiger partial charge on any atom is 0.405 e. The molecule has 9 heteroatoms. The molecule has 1 aromatic carbocycles. The van der Waals surface area contributed by atoms with E-state index in [2.05, 4.69) is 20.7 Å². The Balaban J connectivity index is 2.51. The third kappa shape index (κ3) is 5.55. The summed E-state index contributed by atoms with van der Waals surface area (Å²) < 4.78 is 53.5. The van der Waals surface area contributed by atoms with Gasteiger partial charge in [0, 0.05) is 4.47 Å². The van der Waals surface area contributed by atoms with Gasteiger partial charge in [0.25, 0.3) is 5.91 Å². The van der Waals surface area contributed by atoms with Crippen LogP contribution in [0.2, 0.25) is 0 Å². The highest BCUT2D eigenvalue weighted by molar-refractivity contribution is 9.10. The Bertz CT molecular complexity index is 519. The van der Waals surface area contributed by atoms with Crippen molar-refractivity contribution >= 4 is 27.8 Å². The summed E-state index contributed by atoms with van der Waals surface area (Å²) in [5.41, 5.74) is -0.428. The molecule has 20 heavy (non-hydrogen) atoms. The fourth-order valence-electron chi connectivity index (χ4n) is 1.11. The standard InChI is InChI=1S/C11H8BrF4NO3/c12-6-1-2-8(13)7(3-6)10(19)20-4-9(18)17-5-11(14,15)16/h1-3H,4-5H2,(H,17,18). The lowest BCUT2D eigenvalue weighted by Gasteiger charge is -2.09. The summed E-state index contributed by atoms with van der Waals surface area (Å²) in [6.07, 6.45) is -4.56. The molecule has 0 aliphatic carbocycles. The highest BCUT2D eigenvalue weighted by Gasteiger charge is 2.27. The van der Waals surface area contributed by atoms with Crippen LogP contribution in [0.3, 0.4) is 0 Å². The second kappa shape index (κ2) is 6.69. The number of alkyl halides is 3. The number of benzene rings is 1. The molecule has 1 rings (SSSR count). The molecule has 0 aromatic heterocycles. The van der Waals surface area contributed by atoms with E-state index in [0.29, 0.717) is 4.47 Å². The zero-order chi connectivity index (χ0) is 15.3. The first-order chi connectivity index (χ1) is 9.19. The van der Waals surface area contributed by atoms with Gasteiger partial charge < -0.3 is 10.1 Å².